The van der Waals surface area contributed by atoms with Gasteiger partial charge in [0.2, 0.25) is 0 Å². The van der Waals surface area contributed by atoms with Crippen molar-refractivity contribution in [2.75, 3.05) is 5.43 Å². The molecule has 2 atom stereocenters. The number of halogens is 1. The molecule has 2 saturated heterocycles. The van der Waals surface area contributed by atoms with Crippen LogP contribution in [0.15, 0.2) is 12.1 Å². The Morgan fingerprint density at radius 3 is 2.65 bits per heavy atom. The van der Waals surface area contributed by atoms with E-state index >= 15 is 0 Å². The van der Waals surface area contributed by atoms with Gasteiger partial charge in [-0.05, 0) is 37.8 Å². The SMILES string of the molecule is NNc1ccc(Cl)c(C(=O)N2C3CCC2CC(O)C3)n1. The molecule has 2 fully saturated rings. The van der Waals surface area contributed by atoms with Gasteiger partial charge in [0.15, 0.2) is 0 Å². The number of rotatable bonds is 2. The molecule has 3 rings (SSSR count). The Morgan fingerprint density at radius 1 is 1.40 bits per heavy atom. The van der Waals surface area contributed by atoms with Gasteiger partial charge in [0.1, 0.15) is 11.5 Å². The number of nitrogens with two attached hydrogens (primary N) is 1. The number of aliphatic hydroxyl groups is 1. The van der Waals surface area contributed by atoms with Gasteiger partial charge >= 0.3 is 0 Å². The lowest BCUT2D eigenvalue weighted by molar-refractivity contribution is 0.0283. The summed E-state index contributed by atoms with van der Waals surface area (Å²) in [6, 6.07) is 3.40. The molecular weight excluding hydrogens is 280 g/mol. The number of nitrogen functional groups attached to an aromatic ring is 1. The van der Waals surface area contributed by atoms with E-state index in [1.54, 1.807) is 12.1 Å². The first-order valence-electron chi connectivity index (χ1n) is 6.74. The van der Waals surface area contributed by atoms with Crippen molar-refractivity contribution in [1.82, 2.24) is 9.88 Å². The van der Waals surface area contributed by atoms with Gasteiger partial charge in [-0.3, -0.25) is 4.79 Å². The van der Waals surface area contributed by atoms with Crippen molar-refractivity contribution in [2.24, 2.45) is 5.84 Å². The monoisotopic (exact) mass is 296 g/mol. The van der Waals surface area contributed by atoms with Gasteiger partial charge in [-0.2, -0.15) is 0 Å². The van der Waals surface area contributed by atoms with Crippen molar-refractivity contribution < 1.29 is 9.90 Å². The molecule has 2 bridgehead atoms. The Bertz CT molecular complexity index is 525. The number of carbonyl (C=O) groups excluding carboxylic acids is 1. The van der Waals surface area contributed by atoms with E-state index in [2.05, 4.69) is 10.4 Å². The number of amides is 1. The summed E-state index contributed by atoms with van der Waals surface area (Å²) in [5.41, 5.74) is 2.63. The first kappa shape index (κ1) is 13.6. The number of carbonyl (C=O) groups is 1. The average Bonchev–Trinajstić information content (AvgIpc) is 2.71. The number of pyridine rings is 1. The summed E-state index contributed by atoms with van der Waals surface area (Å²) in [5.74, 6) is 5.55. The maximum Gasteiger partial charge on any atom is 0.274 e. The van der Waals surface area contributed by atoms with E-state index in [0.717, 1.165) is 12.8 Å². The summed E-state index contributed by atoms with van der Waals surface area (Å²) in [7, 11) is 0. The Balaban J connectivity index is 1.90. The minimum atomic E-state index is -0.308. The van der Waals surface area contributed by atoms with Crippen LogP contribution in [0.4, 0.5) is 5.82 Å². The van der Waals surface area contributed by atoms with Crippen LogP contribution < -0.4 is 11.3 Å². The maximum absolute atomic E-state index is 12.7. The highest BCUT2D eigenvalue weighted by Crippen LogP contribution is 2.37. The third-order valence-electron chi connectivity index (χ3n) is 4.14. The fourth-order valence-corrected chi connectivity index (χ4v) is 3.46. The molecule has 0 saturated carbocycles. The Labute approximate surface area is 121 Å². The third-order valence-corrected chi connectivity index (χ3v) is 4.44. The second-order valence-corrected chi connectivity index (χ2v) is 5.80. The van der Waals surface area contributed by atoms with Crippen LogP contribution in [0.5, 0.6) is 0 Å². The van der Waals surface area contributed by atoms with E-state index in [1.165, 1.54) is 0 Å². The van der Waals surface area contributed by atoms with E-state index in [1.807, 2.05) is 4.90 Å². The Kier molecular flexibility index (Phi) is 3.54. The molecule has 0 aliphatic carbocycles. The zero-order chi connectivity index (χ0) is 14.3. The molecule has 7 heteroatoms. The Morgan fingerprint density at radius 2 is 2.05 bits per heavy atom. The predicted molar refractivity (Wildman–Crippen MR) is 75.3 cm³/mol. The first-order valence-corrected chi connectivity index (χ1v) is 7.12. The number of nitrogens with one attached hydrogen (secondary N) is 1. The Hall–Kier alpha value is -1.37. The smallest absolute Gasteiger partial charge is 0.274 e. The lowest BCUT2D eigenvalue weighted by atomic mass is 9.99. The summed E-state index contributed by atoms with van der Waals surface area (Å²) in [6.45, 7) is 0. The summed E-state index contributed by atoms with van der Waals surface area (Å²) in [6.07, 6.45) is 2.82. The molecule has 1 aromatic rings. The minimum absolute atomic E-state index is 0.0867. The highest BCUT2D eigenvalue weighted by molar-refractivity contribution is 6.33. The van der Waals surface area contributed by atoms with Gasteiger partial charge in [-0.1, -0.05) is 11.6 Å². The molecule has 0 aromatic carbocycles. The molecule has 1 amide bonds. The number of nitrogens with zero attached hydrogens (tertiary/aromatic N) is 2. The number of hydrazine groups is 1. The summed E-state index contributed by atoms with van der Waals surface area (Å²) >= 11 is 6.08. The molecule has 2 aliphatic rings. The predicted octanol–water partition coefficient (Wildman–Crippen LogP) is 1.15. The second kappa shape index (κ2) is 5.20. The van der Waals surface area contributed by atoms with Gasteiger partial charge in [0.05, 0.1) is 11.1 Å². The van der Waals surface area contributed by atoms with Crippen molar-refractivity contribution in [3.8, 4) is 0 Å². The molecule has 3 heterocycles. The molecule has 0 radical (unpaired) electrons. The number of aliphatic hydroxyl groups excluding tert-OH is 1. The molecule has 2 aliphatic heterocycles. The highest BCUT2D eigenvalue weighted by Gasteiger charge is 2.43. The van der Waals surface area contributed by atoms with Crippen molar-refractivity contribution in [1.29, 1.82) is 0 Å². The van der Waals surface area contributed by atoms with Crippen LogP contribution in [-0.2, 0) is 0 Å². The van der Waals surface area contributed by atoms with Crippen LogP contribution in [0.3, 0.4) is 0 Å². The second-order valence-electron chi connectivity index (χ2n) is 5.39. The van der Waals surface area contributed by atoms with Crippen LogP contribution >= 0.6 is 11.6 Å². The van der Waals surface area contributed by atoms with Crippen molar-refractivity contribution in [2.45, 2.75) is 43.9 Å². The largest absolute Gasteiger partial charge is 0.393 e. The van der Waals surface area contributed by atoms with Gasteiger partial charge < -0.3 is 15.4 Å². The first-order chi connectivity index (χ1) is 9.60. The molecule has 6 nitrogen and oxygen atoms in total. The highest BCUT2D eigenvalue weighted by atomic mass is 35.5. The van der Waals surface area contributed by atoms with E-state index < -0.39 is 0 Å². The number of piperidine rings is 1. The average molecular weight is 297 g/mol. The zero-order valence-corrected chi connectivity index (χ0v) is 11.7. The molecule has 0 spiro atoms. The summed E-state index contributed by atoms with van der Waals surface area (Å²) < 4.78 is 0. The van der Waals surface area contributed by atoms with Crippen molar-refractivity contribution in [3.63, 3.8) is 0 Å². The number of fused-ring (bicyclic) bond motifs is 2. The molecule has 20 heavy (non-hydrogen) atoms. The van der Waals surface area contributed by atoms with E-state index in [-0.39, 0.29) is 29.8 Å². The lowest BCUT2D eigenvalue weighted by Gasteiger charge is -2.37. The van der Waals surface area contributed by atoms with Gasteiger partial charge in [-0.15, -0.1) is 0 Å². The topological polar surface area (TPSA) is 91.5 Å². The molecule has 4 N–H and O–H groups in total. The molecule has 2 unspecified atom stereocenters. The molecular formula is C13H17ClN4O2. The van der Waals surface area contributed by atoms with Crippen LogP contribution in [0.2, 0.25) is 5.02 Å². The number of aromatic nitrogens is 1. The lowest BCUT2D eigenvalue weighted by Crippen LogP contribution is -2.48. The van der Waals surface area contributed by atoms with Crippen molar-refractivity contribution in [3.05, 3.63) is 22.8 Å². The van der Waals surface area contributed by atoms with Crippen LogP contribution in [0, 0.1) is 0 Å². The number of anilines is 1. The van der Waals surface area contributed by atoms with Crippen LogP contribution in [0.25, 0.3) is 0 Å². The van der Waals surface area contributed by atoms with Gasteiger partial charge in [0.25, 0.3) is 5.91 Å². The quantitative estimate of drug-likeness (QED) is 0.562. The van der Waals surface area contributed by atoms with Crippen LogP contribution in [0.1, 0.15) is 36.2 Å². The standard InChI is InChI=1S/C13H17ClN4O2/c14-10-3-4-11(17-15)16-12(10)13(20)18-7-1-2-8(18)6-9(19)5-7/h3-4,7-9,19H,1-2,5-6,15H2,(H,16,17). The number of hydrogen-bond acceptors (Lipinski definition) is 5. The molecule has 1 aromatic heterocycles. The summed E-state index contributed by atoms with van der Waals surface area (Å²) in [5, 5.41) is 10.1. The summed E-state index contributed by atoms with van der Waals surface area (Å²) in [4.78, 5) is 18.7. The van der Waals surface area contributed by atoms with E-state index in [0.29, 0.717) is 23.7 Å². The minimum Gasteiger partial charge on any atom is -0.393 e. The zero-order valence-electron chi connectivity index (χ0n) is 10.9. The van der Waals surface area contributed by atoms with Gasteiger partial charge in [-0.25, -0.2) is 10.8 Å². The van der Waals surface area contributed by atoms with Gasteiger partial charge in [0, 0.05) is 12.1 Å². The fourth-order valence-electron chi connectivity index (χ4n) is 3.27. The van der Waals surface area contributed by atoms with E-state index in [9.17, 15) is 9.90 Å². The van der Waals surface area contributed by atoms with Crippen LogP contribution in [-0.4, -0.2) is 39.1 Å². The fraction of sp³-hybridized carbons (Fsp3) is 0.538. The molecule has 108 valence electrons. The maximum atomic E-state index is 12.7. The third kappa shape index (κ3) is 2.24. The normalized spacial score (nSPS) is 28.6. The number of hydrogen-bond donors (Lipinski definition) is 3. The van der Waals surface area contributed by atoms with E-state index in [4.69, 9.17) is 17.4 Å². The van der Waals surface area contributed by atoms with Crippen molar-refractivity contribution >= 4 is 23.3 Å².